The molecule has 2 rings (SSSR count). The molecule has 1 aromatic rings. The van der Waals surface area contributed by atoms with Crippen LogP contribution in [0.15, 0.2) is 6.20 Å². The Balaban J connectivity index is 1.88. The van der Waals surface area contributed by atoms with E-state index >= 15 is 0 Å². The van der Waals surface area contributed by atoms with Gasteiger partial charge in [-0.3, -0.25) is 4.79 Å². The number of hydrogen-bond acceptors (Lipinski definition) is 4. The summed E-state index contributed by atoms with van der Waals surface area (Å²) in [5.41, 5.74) is 0.488. The van der Waals surface area contributed by atoms with Crippen LogP contribution in [0.2, 0.25) is 0 Å². The number of aliphatic hydroxyl groups is 1. The SMILES string of the molecule is CC1CCC(N(C)C(=O)Cn2cc(CO)nn2)CC1. The lowest BCUT2D eigenvalue weighted by Crippen LogP contribution is -2.41. The first-order valence-electron chi connectivity index (χ1n) is 6.85. The summed E-state index contributed by atoms with van der Waals surface area (Å²) in [6.45, 7) is 2.31. The van der Waals surface area contributed by atoms with Crippen molar-refractivity contribution in [3.8, 4) is 0 Å². The minimum Gasteiger partial charge on any atom is -0.390 e. The third-order valence-corrected chi connectivity index (χ3v) is 3.97. The van der Waals surface area contributed by atoms with Gasteiger partial charge >= 0.3 is 0 Å². The van der Waals surface area contributed by atoms with E-state index in [2.05, 4.69) is 17.2 Å². The van der Waals surface area contributed by atoms with Crippen LogP contribution in [0.5, 0.6) is 0 Å². The first-order valence-corrected chi connectivity index (χ1v) is 6.85. The van der Waals surface area contributed by atoms with Gasteiger partial charge in [0, 0.05) is 13.1 Å². The van der Waals surface area contributed by atoms with Gasteiger partial charge in [-0.2, -0.15) is 0 Å². The molecule has 0 atom stereocenters. The van der Waals surface area contributed by atoms with E-state index in [1.807, 2.05) is 11.9 Å². The van der Waals surface area contributed by atoms with Crippen LogP contribution in [0.1, 0.15) is 38.3 Å². The summed E-state index contributed by atoms with van der Waals surface area (Å²) in [4.78, 5) is 14.0. The maximum atomic E-state index is 12.2. The summed E-state index contributed by atoms with van der Waals surface area (Å²) < 4.78 is 1.48. The van der Waals surface area contributed by atoms with Crippen molar-refractivity contribution in [3.63, 3.8) is 0 Å². The molecule has 1 N–H and O–H groups in total. The fourth-order valence-electron chi connectivity index (χ4n) is 2.57. The lowest BCUT2D eigenvalue weighted by Gasteiger charge is -2.33. The lowest BCUT2D eigenvalue weighted by atomic mass is 9.87. The van der Waals surface area contributed by atoms with E-state index in [4.69, 9.17) is 5.11 Å². The van der Waals surface area contributed by atoms with Gasteiger partial charge in [0.1, 0.15) is 12.2 Å². The van der Waals surface area contributed by atoms with E-state index in [1.165, 1.54) is 17.5 Å². The Morgan fingerprint density at radius 3 is 2.74 bits per heavy atom. The second-order valence-electron chi connectivity index (χ2n) is 5.48. The van der Waals surface area contributed by atoms with Gasteiger partial charge in [-0.15, -0.1) is 5.10 Å². The number of aliphatic hydroxyl groups excluding tert-OH is 1. The molecular formula is C13H22N4O2. The van der Waals surface area contributed by atoms with Crippen LogP contribution in [0.4, 0.5) is 0 Å². The lowest BCUT2D eigenvalue weighted by molar-refractivity contribution is -0.133. The molecule has 1 fully saturated rings. The molecule has 0 spiro atoms. The quantitative estimate of drug-likeness (QED) is 0.875. The summed E-state index contributed by atoms with van der Waals surface area (Å²) in [7, 11) is 1.87. The first-order chi connectivity index (χ1) is 9.10. The molecular weight excluding hydrogens is 244 g/mol. The van der Waals surface area contributed by atoms with Crippen molar-refractivity contribution >= 4 is 5.91 Å². The molecule has 1 saturated carbocycles. The number of amides is 1. The van der Waals surface area contributed by atoms with Crippen molar-refractivity contribution in [2.75, 3.05) is 7.05 Å². The second kappa shape index (κ2) is 6.14. The Morgan fingerprint density at radius 1 is 1.47 bits per heavy atom. The number of rotatable bonds is 4. The van der Waals surface area contributed by atoms with Crippen LogP contribution in [-0.4, -0.2) is 44.0 Å². The zero-order valence-corrected chi connectivity index (χ0v) is 11.6. The summed E-state index contributed by atoms with van der Waals surface area (Å²) >= 11 is 0. The van der Waals surface area contributed by atoms with Crippen molar-refractivity contribution in [2.45, 2.75) is 51.8 Å². The summed E-state index contributed by atoms with van der Waals surface area (Å²) in [5, 5.41) is 16.5. The zero-order valence-electron chi connectivity index (χ0n) is 11.6. The topological polar surface area (TPSA) is 71.2 Å². The van der Waals surface area contributed by atoms with Crippen molar-refractivity contribution in [1.82, 2.24) is 19.9 Å². The minimum absolute atomic E-state index is 0.0499. The Bertz CT molecular complexity index is 424. The Labute approximate surface area is 113 Å². The van der Waals surface area contributed by atoms with E-state index < -0.39 is 0 Å². The minimum atomic E-state index is -0.148. The molecule has 0 bridgehead atoms. The Hall–Kier alpha value is -1.43. The molecule has 1 amide bonds. The Kier molecular flexibility index (Phi) is 4.52. The van der Waals surface area contributed by atoms with Gasteiger partial charge in [-0.05, 0) is 31.6 Å². The molecule has 0 saturated heterocycles. The molecule has 0 aromatic carbocycles. The average Bonchev–Trinajstić information content (AvgIpc) is 2.86. The van der Waals surface area contributed by atoms with Crippen LogP contribution in [0, 0.1) is 5.92 Å². The van der Waals surface area contributed by atoms with Gasteiger partial charge in [0.15, 0.2) is 0 Å². The highest BCUT2D eigenvalue weighted by Gasteiger charge is 2.24. The Morgan fingerprint density at radius 2 is 2.16 bits per heavy atom. The maximum absolute atomic E-state index is 12.2. The number of carbonyl (C=O) groups is 1. The highest BCUT2D eigenvalue weighted by molar-refractivity contribution is 5.75. The number of hydrogen-bond donors (Lipinski definition) is 1. The summed E-state index contributed by atoms with van der Waals surface area (Å²) in [6.07, 6.45) is 6.17. The molecule has 1 aliphatic rings. The van der Waals surface area contributed by atoms with Gasteiger partial charge in [0.05, 0.1) is 12.8 Å². The van der Waals surface area contributed by atoms with Crippen molar-refractivity contribution in [3.05, 3.63) is 11.9 Å². The molecule has 6 heteroatoms. The van der Waals surface area contributed by atoms with Gasteiger partial charge in [0.25, 0.3) is 0 Å². The molecule has 1 aliphatic carbocycles. The van der Waals surface area contributed by atoms with Crippen molar-refractivity contribution < 1.29 is 9.90 Å². The van der Waals surface area contributed by atoms with E-state index in [-0.39, 0.29) is 19.1 Å². The van der Waals surface area contributed by atoms with E-state index in [1.54, 1.807) is 6.20 Å². The molecule has 0 radical (unpaired) electrons. The van der Waals surface area contributed by atoms with Gasteiger partial charge in [-0.1, -0.05) is 12.1 Å². The first kappa shape index (κ1) is 14.0. The van der Waals surface area contributed by atoms with E-state index in [0.29, 0.717) is 11.7 Å². The number of likely N-dealkylation sites (N-methyl/N-ethyl adjacent to an activating group) is 1. The number of nitrogens with zero attached hydrogens (tertiary/aromatic N) is 4. The third kappa shape index (κ3) is 3.53. The smallest absolute Gasteiger partial charge is 0.244 e. The van der Waals surface area contributed by atoms with Crippen LogP contribution >= 0.6 is 0 Å². The molecule has 6 nitrogen and oxygen atoms in total. The van der Waals surface area contributed by atoms with Gasteiger partial charge in [0.2, 0.25) is 5.91 Å². The molecule has 19 heavy (non-hydrogen) atoms. The molecule has 0 aliphatic heterocycles. The standard InChI is InChI=1S/C13H22N4O2/c1-10-3-5-12(6-4-10)16(2)13(19)8-17-7-11(9-18)14-15-17/h7,10,12,18H,3-6,8-9H2,1-2H3. The predicted molar refractivity (Wildman–Crippen MR) is 70.1 cm³/mol. The predicted octanol–water partition coefficient (Wildman–Crippen LogP) is 0.807. The van der Waals surface area contributed by atoms with E-state index in [9.17, 15) is 4.79 Å². The second-order valence-corrected chi connectivity index (χ2v) is 5.48. The molecule has 1 aromatic heterocycles. The van der Waals surface area contributed by atoms with Crippen LogP contribution in [0.3, 0.4) is 0 Å². The van der Waals surface area contributed by atoms with Crippen molar-refractivity contribution in [1.29, 1.82) is 0 Å². The maximum Gasteiger partial charge on any atom is 0.244 e. The van der Waals surface area contributed by atoms with E-state index in [0.717, 1.165) is 18.8 Å². The fourth-order valence-corrected chi connectivity index (χ4v) is 2.57. The molecule has 106 valence electrons. The molecule has 0 unspecified atom stereocenters. The summed E-state index contributed by atoms with van der Waals surface area (Å²) in [5.74, 6) is 0.830. The van der Waals surface area contributed by atoms with Crippen LogP contribution in [-0.2, 0) is 17.9 Å². The number of carbonyl (C=O) groups excluding carboxylic acids is 1. The highest BCUT2D eigenvalue weighted by Crippen LogP contribution is 2.26. The zero-order chi connectivity index (χ0) is 13.8. The monoisotopic (exact) mass is 266 g/mol. The normalized spacial score (nSPS) is 23.3. The fraction of sp³-hybridized carbons (Fsp3) is 0.769. The van der Waals surface area contributed by atoms with Crippen LogP contribution in [0.25, 0.3) is 0 Å². The van der Waals surface area contributed by atoms with Crippen molar-refractivity contribution in [2.24, 2.45) is 5.92 Å². The number of aromatic nitrogens is 3. The average molecular weight is 266 g/mol. The molecule has 1 heterocycles. The van der Waals surface area contributed by atoms with Gasteiger partial charge < -0.3 is 10.0 Å². The highest BCUT2D eigenvalue weighted by atomic mass is 16.3. The largest absolute Gasteiger partial charge is 0.390 e. The third-order valence-electron chi connectivity index (χ3n) is 3.97. The van der Waals surface area contributed by atoms with Gasteiger partial charge in [-0.25, -0.2) is 4.68 Å². The summed E-state index contributed by atoms with van der Waals surface area (Å²) in [6, 6.07) is 0.351. The van der Waals surface area contributed by atoms with Crippen LogP contribution < -0.4 is 0 Å².